The van der Waals surface area contributed by atoms with Gasteiger partial charge in [0, 0.05) is 28.4 Å². The van der Waals surface area contributed by atoms with Gasteiger partial charge < -0.3 is 5.11 Å². The highest BCUT2D eigenvalue weighted by Crippen LogP contribution is 2.25. The number of phenolic OH excluding ortho intramolecular Hbond substituents is 1. The highest BCUT2D eigenvalue weighted by Gasteiger charge is 2.10. The Bertz CT molecular complexity index is 704. The fourth-order valence-corrected chi connectivity index (χ4v) is 1.86. The molecule has 0 unspecified atom stereocenters. The van der Waals surface area contributed by atoms with E-state index in [1.54, 1.807) is 12.1 Å². The molecule has 0 aliphatic carbocycles. The summed E-state index contributed by atoms with van der Waals surface area (Å²) in [4.78, 5) is 13.8. The van der Waals surface area contributed by atoms with Gasteiger partial charge in [-0.05, 0) is 24.3 Å². The van der Waals surface area contributed by atoms with Gasteiger partial charge in [0.05, 0.1) is 4.92 Å². The smallest absolute Gasteiger partial charge is 0.271 e. The fraction of sp³-hybridized carbons (Fsp3) is 0. The lowest BCUT2D eigenvalue weighted by Crippen LogP contribution is -1.89. The summed E-state index contributed by atoms with van der Waals surface area (Å²) in [6.07, 6.45) is 1.24. The Kier molecular flexibility index (Phi) is 4.09. The van der Waals surface area contributed by atoms with Gasteiger partial charge in [0.1, 0.15) is 17.3 Å². The standard InChI is InChI=1S/C13H8BrFN2O3/c14-9-1-4-13(18)8(5-9)7-16-12-6-10(17(19)20)2-3-11(12)15/h1-7,18H. The van der Waals surface area contributed by atoms with Crippen molar-refractivity contribution in [2.45, 2.75) is 0 Å². The van der Waals surface area contributed by atoms with Crippen LogP contribution < -0.4 is 0 Å². The number of hydrogen-bond acceptors (Lipinski definition) is 4. The molecular weight excluding hydrogens is 331 g/mol. The molecular formula is C13H8BrFN2O3. The molecule has 2 rings (SSSR count). The topological polar surface area (TPSA) is 75.7 Å². The first-order valence-corrected chi connectivity index (χ1v) is 6.23. The van der Waals surface area contributed by atoms with Gasteiger partial charge in [-0.25, -0.2) is 4.39 Å². The van der Waals surface area contributed by atoms with Crippen molar-refractivity contribution in [3.05, 3.63) is 62.4 Å². The maximum atomic E-state index is 13.5. The summed E-state index contributed by atoms with van der Waals surface area (Å²) >= 11 is 3.23. The molecule has 5 nitrogen and oxygen atoms in total. The van der Waals surface area contributed by atoms with Crippen LogP contribution in [0.25, 0.3) is 0 Å². The molecule has 0 aromatic heterocycles. The van der Waals surface area contributed by atoms with Gasteiger partial charge in [-0.1, -0.05) is 15.9 Å². The Morgan fingerprint density at radius 1 is 1.30 bits per heavy atom. The van der Waals surface area contributed by atoms with Crippen molar-refractivity contribution < 1.29 is 14.4 Å². The molecule has 0 atom stereocenters. The number of rotatable bonds is 3. The van der Waals surface area contributed by atoms with Crippen molar-refractivity contribution in [2.75, 3.05) is 0 Å². The van der Waals surface area contributed by atoms with E-state index in [1.165, 1.54) is 12.3 Å². The van der Waals surface area contributed by atoms with E-state index in [1.807, 2.05) is 0 Å². The quantitative estimate of drug-likeness (QED) is 0.523. The fourth-order valence-electron chi connectivity index (χ4n) is 1.48. The zero-order chi connectivity index (χ0) is 14.7. The monoisotopic (exact) mass is 338 g/mol. The Labute approximate surface area is 121 Å². The third-order valence-electron chi connectivity index (χ3n) is 2.47. The molecule has 2 aromatic rings. The minimum Gasteiger partial charge on any atom is -0.507 e. The van der Waals surface area contributed by atoms with E-state index in [9.17, 15) is 19.6 Å². The van der Waals surface area contributed by atoms with Crippen molar-refractivity contribution in [3.8, 4) is 5.75 Å². The molecule has 2 aromatic carbocycles. The molecule has 20 heavy (non-hydrogen) atoms. The summed E-state index contributed by atoms with van der Waals surface area (Å²) in [7, 11) is 0. The average Bonchev–Trinajstić information content (AvgIpc) is 2.41. The van der Waals surface area contributed by atoms with Crippen LogP contribution in [0.4, 0.5) is 15.8 Å². The highest BCUT2D eigenvalue weighted by atomic mass is 79.9. The van der Waals surface area contributed by atoms with E-state index < -0.39 is 10.7 Å². The molecule has 0 amide bonds. The Hall–Kier alpha value is -2.28. The van der Waals surface area contributed by atoms with Crippen LogP contribution in [0.3, 0.4) is 0 Å². The van der Waals surface area contributed by atoms with Crippen molar-refractivity contribution in [2.24, 2.45) is 4.99 Å². The second-order valence-corrected chi connectivity index (χ2v) is 4.77. The molecule has 0 bridgehead atoms. The molecule has 1 N–H and O–H groups in total. The molecule has 0 saturated heterocycles. The number of nitro groups is 1. The lowest BCUT2D eigenvalue weighted by Gasteiger charge is -2.00. The minimum atomic E-state index is -0.679. The van der Waals surface area contributed by atoms with Gasteiger partial charge in [0.25, 0.3) is 5.69 Å². The number of hydrogen-bond donors (Lipinski definition) is 1. The summed E-state index contributed by atoms with van der Waals surface area (Å²) in [6, 6.07) is 7.75. The molecule has 0 saturated carbocycles. The van der Waals surface area contributed by atoms with Gasteiger partial charge in [0.2, 0.25) is 0 Å². The van der Waals surface area contributed by atoms with Gasteiger partial charge in [-0.2, -0.15) is 0 Å². The summed E-state index contributed by atoms with van der Waals surface area (Å²) in [5.74, 6) is -0.705. The third-order valence-corrected chi connectivity index (χ3v) is 2.97. The van der Waals surface area contributed by atoms with Crippen molar-refractivity contribution in [1.82, 2.24) is 0 Å². The summed E-state index contributed by atoms with van der Waals surface area (Å²) in [6.45, 7) is 0. The first-order valence-electron chi connectivity index (χ1n) is 5.44. The third kappa shape index (κ3) is 3.18. The number of non-ortho nitro benzene ring substituents is 1. The van der Waals surface area contributed by atoms with E-state index in [0.717, 1.165) is 22.7 Å². The Morgan fingerprint density at radius 2 is 2.05 bits per heavy atom. The zero-order valence-electron chi connectivity index (χ0n) is 9.96. The van der Waals surface area contributed by atoms with Crippen molar-refractivity contribution in [1.29, 1.82) is 0 Å². The number of aromatic hydroxyl groups is 1. The first-order chi connectivity index (χ1) is 9.47. The van der Waals surface area contributed by atoms with E-state index in [4.69, 9.17) is 0 Å². The van der Waals surface area contributed by atoms with E-state index >= 15 is 0 Å². The minimum absolute atomic E-state index is 0.0252. The SMILES string of the molecule is O=[N+]([O-])c1ccc(F)c(N=Cc2cc(Br)ccc2O)c1. The van der Waals surface area contributed by atoms with Gasteiger partial charge in [-0.3, -0.25) is 15.1 Å². The number of aliphatic imine (C=N–C) groups is 1. The number of nitrogens with zero attached hydrogens (tertiary/aromatic N) is 2. The van der Waals surface area contributed by atoms with Gasteiger partial charge in [0.15, 0.2) is 0 Å². The molecule has 0 heterocycles. The zero-order valence-corrected chi connectivity index (χ0v) is 11.5. The van der Waals surface area contributed by atoms with E-state index in [2.05, 4.69) is 20.9 Å². The largest absolute Gasteiger partial charge is 0.507 e. The Morgan fingerprint density at radius 3 is 2.75 bits per heavy atom. The molecule has 0 radical (unpaired) electrons. The molecule has 7 heteroatoms. The maximum Gasteiger partial charge on any atom is 0.271 e. The summed E-state index contributed by atoms with van der Waals surface area (Å²) < 4.78 is 14.2. The van der Waals surface area contributed by atoms with Crippen LogP contribution in [0.5, 0.6) is 5.75 Å². The average molecular weight is 339 g/mol. The van der Waals surface area contributed by atoms with Crippen LogP contribution in [0, 0.1) is 15.9 Å². The number of phenols is 1. The van der Waals surface area contributed by atoms with Crippen molar-refractivity contribution in [3.63, 3.8) is 0 Å². The van der Waals surface area contributed by atoms with Crippen molar-refractivity contribution >= 4 is 33.5 Å². The predicted octanol–water partition coefficient (Wildman–Crippen LogP) is 3.95. The van der Waals surface area contributed by atoms with Crippen LogP contribution in [0.1, 0.15) is 5.56 Å². The second kappa shape index (κ2) is 5.79. The lowest BCUT2D eigenvalue weighted by atomic mass is 10.2. The van der Waals surface area contributed by atoms with Gasteiger partial charge in [-0.15, -0.1) is 0 Å². The summed E-state index contributed by atoms with van der Waals surface area (Å²) in [5.41, 5.74) is -0.0547. The van der Waals surface area contributed by atoms with Crippen LogP contribution >= 0.6 is 15.9 Å². The van der Waals surface area contributed by atoms with Crippen LogP contribution in [-0.2, 0) is 0 Å². The molecule has 0 spiro atoms. The second-order valence-electron chi connectivity index (χ2n) is 3.85. The predicted molar refractivity (Wildman–Crippen MR) is 76.1 cm³/mol. The van der Waals surface area contributed by atoms with E-state index in [0.29, 0.717) is 5.56 Å². The molecule has 0 aliphatic rings. The highest BCUT2D eigenvalue weighted by molar-refractivity contribution is 9.10. The van der Waals surface area contributed by atoms with Crippen LogP contribution in [-0.4, -0.2) is 16.2 Å². The molecule has 0 aliphatic heterocycles. The Balaban J connectivity index is 2.38. The molecule has 0 fully saturated rings. The van der Waals surface area contributed by atoms with Gasteiger partial charge >= 0.3 is 0 Å². The lowest BCUT2D eigenvalue weighted by molar-refractivity contribution is -0.384. The first kappa shape index (κ1) is 14.1. The normalized spacial score (nSPS) is 10.9. The number of nitro benzene ring substituents is 1. The number of benzene rings is 2. The maximum absolute atomic E-state index is 13.5. The van der Waals surface area contributed by atoms with Crippen LogP contribution in [0.2, 0.25) is 0 Å². The molecule has 102 valence electrons. The summed E-state index contributed by atoms with van der Waals surface area (Å²) in [5, 5.41) is 20.2. The van der Waals surface area contributed by atoms with E-state index in [-0.39, 0.29) is 17.1 Å². The van der Waals surface area contributed by atoms with Crippen LogP contribution in [0.15, 0.2) is 45.9 Å². The number of halogens is 2.